The number of carboxylic acids is 1. The molecule has 1 heterocycles. The molecule has 3 aromatic carbocycles. The predicted octanol–water partition coefficient (Wildman–Crippen LogP) is 4.76. The topological polar surface area (TPSA) is 88.0 Å². The summed E-state index contributed by atoms with van der Waals surface area (Å²) in [6, 6.07) is 18.8. The molecule has 0 atom stereocenters. The Morgan fingerprint density at radius 3 is 2.65 bits per heavy atom. The smallest absolute Gasteiger partial charge is 0.307 e. The minimum atomic E-state index is -0.882. The van der Waals surface area contributed by atoms with Gasteiger partial charge < -0.3 is 15.2 Å². The summed E-state index contributed by atoms with van der Waals surface area (Å²) in [7, 11) is 0. The molecule has 0 bridgehead atoms. The number of carbonyl (C=O) groups is 2. The zero-order chi connectivity index (χ0) is 21.8. The zero-order valence-corrected chi connectivity index (χ0v) is 17.6. The fourth-order valence-electron chi connectivity index (χ4n) is 3.28. The number of rotatable bonds is 6. The van der Waals surface area contributed by atoms with E-state index in [2.05, 4.69) is 10.3 Å². The maximum absolute atomic E-state index is 12.5. The van der Waals surface area contributed by atoms with E-state index in [1.54, 1.807) is 24.3 Å². The van der Waals surface area contributed by atoms with Gasteiger partial charge in [0, 0.05) is 10.9 Å². The summed E-state index contributed by atoms with van der Waals surface area (Å²) < 4.78 is 5.90. The van der Waals surface area contributed by atoms with Gasteiger partial charge in [-0.05, 0) is 47.8 Å². The molecule has 156 valence electrons. The third-order valence-electron chi connectivity index (χ3n) is 4.66. The minimum Gasteiger partial charge on any atom is -0.493 e. The largest absolute Gasteiger partial charge is 0.493 e. The van der Waals surface area contributed by atoms with Crippen LogP contribution in [0.5, 0.6) is 5.75 Å². The number of carbonyl (C=O) groups excluding carboxylic acids is 1. The van der Waals surface area contributed by atoms with Crippen LogP contribution in [0.15, 0.2) is 70.6 Å². The Hall–Kier alpha value is -3.58. The highest BCUT2D eigenvalue weighted by molar-refractivity contribution is 8.18. The monoisotopic (exact) mass is 432 g/mol. The molecule has 1 fully saturated rings. The SMILES string of the molecule is CCOc1c(C=C2SC(=Nc3ccc(CC(=O)O)cc3)NC2=O)ccc2ccccc12. The lowest BCUT2D eigenvalue weighted by molar-refractivity contribution is -0.136. The van der Waals surface area contributed by atoms with Gasteiger partial charge in [0.05, 0.1) is 23.6 Å². The Kier molecular flexibility index (Phi) is 6.04. The first-order valence-corrected chi connectivity index (χ1v) is 10.6. The molecule has 0 unspecified atom stereocenters. The lowest BCUT2D eigenvalue weighted by Gasteiger charge is -2.11. The van der Waals surface area contributed by atoms with Gasteiger partial charge in [0.1, 0.15) is 5.75 Å². The number of benzene rings is 3. The van der Waals surface area contributed by atoms with Gasteiger partial charge in [-0.2, -0.15) is 0 Å². The highest BCUT2D eigenvalue weighted by Gasteiger charge is 2.24. The molecule has 3 aromatic rings. The van der Waals surface area contributed by atoms with Crippen LogP contribution in [0.3, 0.4) is 0 Å². The van der Waals surface area contributed by atoms with Crippen molar-refractivity contribution < 1.29 is 19.4 Å². The second-order valence-corrected chi connectivity index (χ2v) is 7.89. The van der Waals surface area contributed by atoms with E-state index < -0.39 is 5.97 Å². The van der Waals surface area contributed by atoms with Crippen molar-refractivity contribution in [2.75, 3.05) is 6.61 Å². The number of aliphatic carboxylic acids is 1. The van der Waals surface area contributed by atoms with E-state index in [0.29, 0.717) is 27.9 Å². The number of hydrogen-bond acceptors (Lipinski definition) is 5. The first-order chi connectivity index (χ1) is 15.0. The van der Waals surface area contributed by atoms with E-state index in [9.17, 15) is 9.59 Å². The Morgan fingerprint density at radius 1 is 1.13 bits per heavy atom. The van der Waals surface area contributed by atoms with Crippen LogP contribution in [0.2, 0.25) is 0 Å². The van der Waals surface area contributed by atoms with E-state index in [4.69, 9.17) is 9.84 Å². The van der Waals surface area contributed by atoms with Gasteiger partial charge in [-0.1, -0.05) is 48.5 Å². The van der Waals surface area contributed by atoms with Gasteiger partial charge in [-0.25, -0.2) is 4.99 Å². The molecule has 7 heteroatoms. The molecule has 0 radical (unpaired) electrons. The van der Waals surface area contributed by atoms with Crippen molar-refractivity contribution in [2.24, 2.45) is 4.99 Å². The molecule has 6 nitrogen and oxygen atoms in total. The molecular formula is C24H20N2O4S. The summed E-state index contributed by atoms with van der Waals surface area (Å²) in [5, 5.41) is 14.2. The Balaban J connectivity index is 1.60. The molecule has 0 aromatic heterocycles. The number of amidine groups is 1. The molecule has 4 rings (SSSR count). The number of amides is 1. The fraction of sp³-hybridized carbons (Fsp3) is 0.125. The van der Waals surface area contributed by atoms with Crippen LogP contribution in [-0.2, 0) is 16.0 Å². The number of nitrogens with one attached hydrogen (secondary N) is 1. The third kappa shape index (κ3) is 4.78. The quantitative estimate of drug-likeness (QED) is 0.549. The van der Waals surface area contributed by atoms with Crippen LogP contribution < -0.4 is 10.1 Å². The first kappa shape index (κ1) is 20.7. The van der Waals surface area contributed by atoms with Gasteiger partial charge in [-0.15, -0.1) is 0 Å². The van der Waals surface area contributed by atoms with Gasteiger partial charge >= 0.3 is 5.97 Å². The van der Waals surface area contributed by atoms with Crippen LogP contribution in [0.4, 0.5) is 5.69 Å². The van der Waals surface area contributed by atoms with Gasteiger partial charge in [0.25, 0.3) is 5.91 Å². The van der Waals surface area contributed by atoms with Crippen molar-refractivity contribution in [2.45, 2.75) is 13.3 Å². The number of carboxylic acid groups (broad SMARTS) is 1. The standard InChI is InChI=1S/C24H20N2O4S/c1-2-30-22-17(10-9-16-5-3-4-6-19(16)22)14-20-23(29)26-24(31-20)25-18-11-7-15(8-12-18)13-21(27)28/h3-12,14H,2,13H2,1H3,(H,27,28)(H,25,26,29). The number of thioether (sulfide) groups is 1. The normalized spacial score (nSPS) is 16.1. The van der Waals surface area contributed by atoms with Crippen molar-refractivity contribution in [3.05, 3.63) is 76.7 Å². The summed E-state index contributed by atoms with van der Waals surface area (Å²) in [6.45, 7) is 2.45. The van der Waals surface area contributed by atoms with Crippen LogP contribution >= 0.6 is 11.8 Å². The summed E-state index contributed by atoms with van der Waals surface area (Å²) in [5.41, 5.74) is 2.16. The Labute approximate surface area is 183 Å². The number of nitrogens with zero attached hydrogens (tertiary/aromatic N) is 1. The second kappa shape index (κ2) is 9.06. The van der Waals surface area contributed by atoms with Crippen LogP contribution in [0.25, 0.3) is 16.8 Å². The fourth-order valence-corrected chi connectivity index (χ4v) is 4.11. The molecule has 2 N–H and O–H groups in total. The van der Waals surface area contributed by atoms with E-state index in [-0.39, 0.29) is 12.3 Å². The molecule has 1 saturated heterocycles. The van der Waals surface area contributed by atoms with Crippen LogP contribution in [-0.4, -0.2) is 28.8 Å². The van der Waals surface area contributed by atoms with E-state index >= 15 is 0 Å². The van der Waals surface area contributed by atoms with Gasteiger partial charge in [-0.3, -0.25) is 9.59 Å². The van der Waals surface area contributed by atoms with Crippen molar-refractivity contribution in [1.82, 2.24) is 5.32 Å². The highest BCUT2D eigenvalue weighted by atomic mass is 32.2. The number of ether oxygens (including phenoxy) is 1. The third-order valence-corrected chi connectivity index (χ3v) is 5.57. The highest BCUT2D eigenvalue weighted by Crippen LogP contribution is 2.35. The van der Waals surface area contributed by atoms with Crippen molar-refractivity contribution in [3.8, 4) is 5.75 Å². The average Bonchev–Trinajstić information content (AvgIpc) is 3.09. The molecule has 1 aliphatic heterocycles. The summed E-state index contributed by atoms with van der Waals surface area (Å²) in [5.74, 6) is -0.352. The van der Waals surface area contributed by atoms with Gasteiger partial charge in [0.15, 0.2) is 5.17 Å². The molecule has 31 heavy (non-hydrogen) atoms. The molecule has 1 aliphatic rings. The van der Waals surface area contributed by atoms with E-state index in [0.717, 1.165) is 22.1 Å². The van der Waals surface area contributed by atoms with Crippen LogP contribution in [0.1, 0.15) is 18.1 Å². The predicted molar refractivity (Wildman–Crippen MR) is 124 cm³/mol. The number of fused-ring (bicyclic) bond motifs is 1. The number of hydrogen-bond donors (Lipinski definition) is 2. The lowest BCUT2D eigenvalue weighted by atomic mass is 10.0. The summed E-state index contributed by atoms with van der Waals surface area (Å²) >= 11 is 1.26. The summed E-state index contributed by atoms with van der Waals surface area (Å²) in [4.78, 5) is 28.3. The zero-order valence-electron chi connectivity index (χ0n) is 16.8. The van der Waals surface area contributed by atoms with Crippen molar-refractivity contribution >= 4 is 51.3 Å². The second-order valence-electron chi connectivity index (χ2n) is 6.86. The Bertz CT molecular complexity index is 1220. The minimum absolute atomic E-state index is 0.0385. The molecule has 0 spiro atoms. The van der Waals surface area contributed by atoms with Crippen molar-refractivity contribution in [1.29, 1.82) is 0 Å². The van der Waals surface area contributed by atoms with Crippen molar-refractivity contribution in [3.63, 3.8) is 0 Å². The maximum Gasteiger partial charge on any atom is 0.307 e. The van der Waals surface area contributed by atoms with Crippen LogP contribution in [0, 0.1) is 0 Å². The Morgan fingerprint density at radius 2 is 1.90 bits per heavy atom. The molecule has 1 amide bonds. The maximum atomic E-state index is 12.5. The first-order valence-electron chi connectivity index (χ1n) is 9.78. The summed E-state index contributed by atoms with van der Waals surface area (Å²) in [6.07, 6.45) is 1.78. The molecular weight excluding hydrogens is 412 g/mol. The lowest BCUT2D eigenvalue weighted by Crippen LogP contribution is -2.19. The van der Waals surface area contributed by atoms with Gasteiger partial charge in [0.2, 0.25) is 0 Å². The average molecular weight is 433 g/mol. The van der Waals surface area contributed by atoms with E-state index in [1.165, 1.54) is 11.8 Å². The van der Waals surface area contributed by atoms with E-state index in [1.807, 2.05) is 49.4 Å². The number of aliphatic imine (C=N–C) groups is 1. The molecule has 0 aliphatic carbocycles. The molecule has 0 saturated carbocycles.